The first-order valence-electron chi connectivity index (χ1n) is 10.1. The lowest BCUT2D eigenvalue weighted by molar-refractivity contribution is -0.120. The van der Waals surface area contributed by atoms with E-state index in [1.54, 1.807) is 18.4 Å². The van der Waals surface area contributed by atoms with Crippen molar-refractivity contribution in [1.29, 1.82) is 0 Å². The van der Waals surface area contributed by atoms with Gasteiger partial charge in [0.2, 0.25) is 11.8 Å². The summed E-state index contributed by atoms with van der Waals surface area (Å²) in [5, 5.41) is 8.17. The third-order valence-corrected chi connectivity index (χ3v) is 5.25. The minimum atomic E-state index is 0.101. The summed E-state index contributed by atoms with van der Waals surface area (Å²) < 4.78 is 11.0. The van der Waals surface area contributed by atoms with Crippen molar-refractivity contribution >= 4 is 11.6 Å². The van der Waals surface area contributed by atoms with Crippen molar-refractivity contribution in [3.05, 3.63) is 54.1 Å². The zero-order valence-corrected chi connectivity index (χ0v) is 16.9. The van der Waals surface area contributed by atoms with Crippen molar-refractivity contribution in [2.24, 2.45) is 0 Å². The maximum Gasteiger partial charge on any atom is 0.283 e. The number of benzene rings is 1. The van der Waals surface area contributed by atoms with Crippen molar-refractivity contribution in [3.63, 3.8) is 0 Å². The molecule has 1 amide bonds. The van der Waals surface area contributed by atoms with Crippen molar-refractivity contribution in [2.45, 2.75) is 45.7 Å². The van der Waals surface area contributed by atoms with Gasteiger partial charge in [-0.25, -0.2) is 0 Å². The molecule has 4 rings (SSSR count). The molecular weight excluding hydrogens is 368 g/mol. The molecule has 1 unspecified atom stereocenters. The number of hydrogen-bond acceptors (Lipinski definition) is 6. The van der Waals surface area contributed by atoms with E-state index < -0.39 is 0 Å². The SMILES string of the molecule is CCCN(CC(=O)N1c2ccccc2CCC1C)Cc1nnc(-c2ccco2)o1. The second kappa shape index (κ2) is 8.61. The van der Waals surface area contributed by atoms with Crippen LogP contribution >= 0.6 is 0 Å². The maximum absolute atomic E-state index is 13.2. The normalized spacial score (nSPS) is 16.2. The van der Waals surface area contributed by atoms with Gasteiger partial charge in [-0.2, -0.15) is 0 Å². The standard InChI is InChI=1S/C22H26N4O3/c1-3-12-25(14-20-23-24-22(29-20)19-9-6-13-28-19)15-21(27)26-16(2)10-11-17-7-4-5-8-18(17)26/h4-9,13,16H,3,10-12,14-15H2,1-2H3. The quantitative estimate of drug-likeness (QED) is 0.605. The van der Waals surface area contributed by atoms with Crippen LogP contribution in [0.4, 0.5) is 5.69 Å². The van der Waals surface area contributed by atoms with Gasteiger partial charge >= 0.3 is 0 Å². The summed E-state index contributed by atoms with van der Waals surface area (Å²) in [5.41, 5.74) is 2.27. The predicted octanol–water partition coefficient (Wildman–Crippen LogP) is 3.91. The lowest BCUT2D eigenvalue weighted by Crippen LogP contribution is -2.47. The van der Waals surface area contributed by atoms with Crippen molar-refractivity contribution < 1.29 is 13.6 Å². The molecule has 1 aliphatic heterocycles. The van der Waals surface area contributed by atoms with Crippen molar-refractivity contribution in [2.75, 3.05) is 18.0 Å². The summed E-state index contributed by atoms with van der Waals surface area (Å²) in [4.78, 5) is 17.3. The van der Waals surface area contributed by atoms with Gasteiger partial charge in [0.1, 0.15) is 0 Å². The van der Waals surface area contributed by atoms with Crippen LogP contribution in [0, 0.1) is 0 Å². The van der Waals surface area contributed by atoms with Crippen LogP contribution < -0.4 is 4.90 Å². The number of hydrogen-bond donors (Lipinski definition) is 0. The topological polar surface area (TPSA) is 75.6 Å². The molecule has 29 heavy (non-hydrogen) atoms. The van der Waals surface area contributed by atoms with E-state index in [2.05, 4.69) is 35.0 Å². The number of nitrogens with zero attached hydrogens (tertiary/aromatic N) is 4. The zero-order chi connectivity index (χ0) is 20.2. The van der Waals surface area contributed by atoms with Crippen LogP contribution in [-0.4, -0.2) is 40.1 Å². The number of anilines is 1. The molecular formula is C22H26N4O3. The Labute approximate surface area is 170 Å². The molecule has 0 fully saturated rings. The molecule has 3 aromatic rings. The fraction of sp³-hybridized carbons (Fsp3) is 0.409. The number of amides is 1. The van der Waals surface area contributed by atoms with Gasteiger partial charge in [0.25, 0.3) is 5.89 Å². The van der Waals surface area contributed by atoms with Gasteiger partial charge in [-0.3, -0.25) is 9.69 Å². The van der Waals surface area contributed by atoms with Gasteiger partial charge in [-0.05, 0) is 56.5 Å². The van der Waals surface area contributed by atoms with Gasteiger partial charge in [0.05, 0.1) is 19.4 Å². The summed E-state index contributed by atoms with van der Waals surface area (Å²) in [7, 11) is 0. The highest BCUT2D eigenvalue weighted by molar-refractivity contribution is 5.96. The average molecular weight is 394 g/mol. The smallest absolute Gasteiger partial charge is 0.283 e. The van der Waals surface area contributed by atoms with Gasteiger partial charge < -0.3 is 13.7 Å². The van der Waals surface area contributed by atoms with E-state index in [9.17, 15) is 4.79 Å². The minimum absolute atomic E-state index is 0.101. The van der Waals surface area contributed by atoms with E-state index in [1.165, 1.54) is 5.56 Å². The number of rotatable bonds is 7. The molecule has 7 heteroatoms. The summed E-state index contributed by atoms with van der Waals surface area (Å²) in [6.07, 6.45) is 4.49. The van der Waals surface area contributed by atoms with Crippen LogP contribution in [0.5, 0.6) is 0 Å². The molecule has 7 nitrogen and oxygen atoms in total. The lowest BCUT2D eigenvalue weighted by atomic mass is 9.96. The zero-order valence-electron chi connectivity index (χ0n) is 16.9. The van der Waals surface area contributed by atoms with E-state index in [0.29, 0.717) is 30.6 Å². The first-order chi connectivity index (χ1) is 14.2. The molecule has 1 aliphatic rings. The largest absolute Gasteiger partial charge is 0.459 e. The molecule has 1 aromatic carbocycles. The molecule has 0 radical (unpaired) electrons. The predicted molar refractivity (Wildman–Crippen MR) is 109 cm³/mol. The van der Waals surface area contributed by atoms with Gasteiger partial charge in [-0.15, -0.1) is 10.2 Å². The molecule has 2 aromatic heterocycles. The van der Waals surface area contributed by atoms with Gasteiger partial charge in [0.15, 0.2) is 5.76 Å². The number of furan rings is 1. The first kappa shape index (κ1) is 19.4. The van der Waals surface area contributed by atoms with Crippen LogP contribution in [0.3, 0.4) is 0 Å². The Morgan fingerprint density at radius 2 is 2.10 bits per heavy atom. The number of carbonyl (C=O) groups is 1. The van der Waals surface area contributed by atoms with Crippen molar-refractivity contribution in [1.82, 2.24) is 15.1 Å². The Balaban J connectivity index is 1.48. The second-order valence-electron chi connectivity index (χ2n) is 7.47. The summed E-state index contributed by atoms with van der Waals surface area (Å²) in [5.74, 6) is 1.47. The molecule has 0 bridgehead atoms. The summed E-state index contributed by atoms with van der Waals surface area (Å²) in [6.45, 7) is 5.72. The summed E-state index contributed by atoms with van der Waals surface area (Å²) >= 11 is 0. The average Bonchev–Trinajstić information content (AvgIpc) is 3.39. The highest BCUT2D eigenvalue weighted by Gasteiger charge is 2.29. The van der Waals surface area contributed by atoms with E-state index in [1.807, 2.05) is 23.1 Å². The van der Waals surface area contributed by atoms with E-state index >= 15 is 0 Å². The Morgan fingerprint density at radius 3 is 2.90 bits per heavy atom. The Kier molecular flexibility index (Phi) is 5.76. The molecule has 0 aliphatic carbocycles. The lowest BCUT2D eigenvalue weighted by Gasteiger charge is -2.36. The van der Waals surface area contributed by atoms with Crippen LogP contribution in [0.25, 0.3) is 11.7 Å². The number of aryl methyl sites for hydroxylation is 1. The monoisotopic (exact) mass is 394 g/mol. The van der Waals surface area contributed by atoms with Crippen LogP contribution in [-0.2, 0) is 17.8 Å². The Hall–Kier alpha value is -2.93. The fourth-order valence-corrected chi connectivity index (χ4v) is 3.87. The second-order valence-corrected chi connectivity index (χ2v) is 7.47. The molecule has 0 saturated carbocycles. The van der Waals surface area contributed by atoms with E-state index in [4.69, 9.17) is 8.83 Å². The van der Waals surface area contributed by atoms with Gasteiger partial charge in [0, 0.05) is 11.7 Å². The fourth-order valence-electron chi connectivity index (χ4n) is 3.87. The highest BCUT2D eigenvalue weighted by Crippen LogP contribution is 2.30. The van der Waals surface area contributed by atoms with Crippen LogP contribution in [0.15, 0.2) is 51.5 Å². The number of fused-ring (bicyclic) bond motifs is 1. The summed E-state index contributed by atoms with van der Waals surface area (Å²) in [6, 6.07) is 11.9. The van der Waals surface area contributed by atoms with Crippen LogP contribution in [0.2, 0.25) is 0 Å². The molecule has 1 atom stereocenters. The number of carbonyl (C=O) groups excluding carboxylic acids is 1. The van der Waals surface area contributed by atoms with E-state index in [0.717, 1.165) is 31.5 Å². The molecule has 3 heterocycles. The van der Waals surface area contributed by atoms with Gasteiger partial charge in [-0.1, -0.05) is 25.1 Å². The maximum atomic E-state index is 13.2. The highest BCUT2D eigenvalue weighted by atomic mass is 16.4. The molecule has 0 saturated heterocycles. The third-order valence-electron chi connectivity index (χ3n) is 5.25. The Bertz CT molecular complexity index is 951. The first-order valence-corrected chi connectivity index (χ1v) is 10.1. The minimum Gasteiger partial charge on any atom is -0.459 e. The van der Waals surface area contributed by atoms with Crippen molar-refractivity contribution in [3.8, 4) is 11.7 Å². The molecule has 152 valence electrons. The number of para-hydroxylation sites is 1. The molecule has 0 N–H and O–H groups in total. The third kappa shape index (κ3) is 4.24. The Morgan fingerprint density at radius 1 is 1.24 bits per heavy atom. The van der Waals surface area contributed by atoms with E-state index in [-0.39, 0.29) is 11.9 Å². The molecule has 0 spiro atoms. The number of aromatic nitrogens is 2. The van der Waals surface area contributed by atoms with Crippen LogP contribution in [0.1, 0.15) is 38.1 Å².